The second-order valence-electron chi connectivity index (χ2n) is 4.06. The number of halogens is 1. The lowest BCUT2D eigenvalue weighted by atomic mass is 10.1. The maximum Gasteiger partial charge on any atom is 0.127 e. The average molecular weight is 255 g/mol. The van der Waals surface area contributed by atoms with Crippen LogP contribution in [-0.4, -0.2) is 20.1 Å². The maximum atomic E-state index is 13.3. The van der Waals surface area contributed by atoms with Gasteiger partial charge in [-0.15, -0.1) is 5.10 Å². The standard InChI is InChI=1S/C14H10FN3O/c15-11-6-10(7-13(19)8-11)14-9-16-17-18(14)12-4-2-1-3-5-12/h1-9,19H. The molecule has 0 amide bonds. The molecule has 3 aromatic rings. The van der Waals surface area contributed by atoms with Crippen molar-refractivity contribution in [1.82, 2.24) is 15.0 Å². The van der Waals surface area contributed by atoms with Crippen LogP contribution < -0.4 is 0 Å². The van der Waals surface area contributed by atoms with Gasteiger partial charge >= 0.3 is 0 Å². The van der Waals surface area contributed by atoms with Crippen molar-refractivity contribution >= 4 is 0 Å². The number of phenols is 1. The Hall–Kier alpha value is -2.69. The molecule has 1 aromatic heterocycles. The molecule has 5 heteroatoms. The van der Waals surface area contributed by atoms with Crippen molar-refractivity contribution in [3.05, 3.63) is 60.5 Å². The molecule has 0 radical (unpaired) electrons. The lowest BCUT2D eigenvalue weighted by Gasteiger charge is -2.06. The van der Waals surface area contributed by atoms with Gasteiger partial charge < -0.3 is 5.11 Å². The Morgan fingerprint density at radius 2 is 1.84 bits per heavy atom. The molecule has 0 aliphatic rings. The van der Waals surface area contributed by atoms with Crippen molar-refractivity contribution in [1.29, 1.82) is 0 Å². The number of hydrogen-bond acceptors (Lipinski definition) is 3. The van der Waals surface area contributed by atoms with E-state index in [1.165, 1.54) is 18.3 Å². The van der Waals surface area contributed by atoms with Crippen molar-refractivity contribution in [3.8, 4) is 22.7 Å². The Morgan fingerprint density at radius 3 is 2.58 bits per heavy atom. The third-order valence-electron chi connectivity index (χ3n) is 2.73. The van der Waals surface area contributed by atoms with E-state index in [-0.39, 0.29) is 5.75 Å². The highest BCUT2D eigenvalue weighted by atomic mass is 19.1. The second-order valence-corrected chi connectivity index (χ2v) is 4.06. The number of aromatic nitrogens is 3. The van der Waals surface area contributed by atoms with Crippen LogP contribution in [0.3, 0.4) is 0 Å². The van der Waals surface area contributed by atoms with Crippen LogP contribution in [-0.2, 0) is 0 Å². The van der Waals surface area contributed by atoms with Crippen molar-refractivity contribution in [2.24, 2.45) is 0 Å². The Morgan fingerprint density at radius 1 is 1.05 bits per heavy atom. The van der Waals surface area contributed by atoms with Crippen LogP contribution in [0.25, 0.3) is 16.9 Å². The first-order valence-electron chi connectivity index (χ1n) is 5.70. The zero-order chi connectivity index (χ0) is 13.2. The van der Waals surface area contributed by atoms with Crippen LogP contribution in [0.2, 0.25) is 0 Å². The van der Waals surface area contributed by atoms with Crippen LogP contribution in [0.4, 0.5) is 4.39 Å². The highest BCUT2D eigenvalue weighted by Gasteiger charge is 2.10. The minimum absolute atomic E-state index is 0.129. The molecule has 1 N–H and O–H groups in total. The lowest BCUT2D eigenvalue weighted by Crippen LogP contribution is -1.99. The molecular formula is C14H10FN3O. The van der Waals surface area contributed by atoms with Gasteiger partial charge in [0.15, 0.2) is 0 Å². The topological polar surface area (TPSA) is 50.9 Å². The van der Waals surface area contributed by atoms with E-state index < -0.39 is 5.82 Å². The molecule has 0 unspecified atom stereocenters. The monoisotopic (exact) mass is 255 g/mol. The van der Waals surface area contributed by atoms with E-state index in [9.17, 15) is 9.50 Å². The van der Waals surface area contributed by atoms with E-state index in [1.807, 2.05) is 30.3 Å². The number of rotatable bonds is 2. The summed E-state index contributed by atoms with van der Waals surface area (Å²) in [5.41, 5.74) is 1.95. The van der Waals surface area contributed by atoms with Gasteiger partial charge in [0.2, 0.25) is 0 Å². The number of nitrogens with zero attached hydrogens (tertiary/aromatic N) is 3. The molecule has 0 spiro atoms. The van der Waals surface area contributed by atoms with Crippen molar-refractivity contribution in [2.75, 3.05) is 0 Å². The van der Waals surface area contributed by atoms with Gasteiger partial charge in [0.25, 0.3) is 0 Å². The highest BCUT2D eigenvalue weighted by molar-refractivity contribution is 5.62. The minimum atomic E-state index is -0.504. The summed E-state index contributed by atoms with van der Waals surface area (Å²) < 4.78 is 14.9. The molecule has 0 aliphatic carbocycles. The average Bonchev–Trinajstić information content (AvgIpc) is 2.88. The predicted octanol–water partition coefficient (Wildman–Crippen LogP) is 2.78. The van der Waals surface area contributed by atoms with Crippen molar-refractivity contribution in [3.63, 3.8) is 0 Å². The Labute approximate surface area is 108 Å². The summed E-state index contributed by atoms with van der Waals surface area (Å²) in [7, 11) is 0. The van der Waals surface area contributed by atoms with Gasteiger partial charge in [0, 0.05) is 11.6 Å². The van der Waals surface area contributed by atoms with Crippen LogP contribution in [0.15, 0.2) is 54.7 Å². The largest absolute Gasteiger partial charge is 0.508 e. The molecule has 0 atom stereocenters. The number of benzene rings is 2. The molecule has 0 fully saturated rings. The molecule has 0 saturated heterocycles. The fourth-order valence-corrected chi connectivity index (χ4v) is 1.91. The van der Waals surface area contributed by atoms with Gasteiger partial charge in [0.1, 0.15) is 11.6 Å². The molecule has 3 rings (SSSR count). The van der Waals surface area contributed by atoms with Crippen LogP contribution in [0.1, 0.15) is 0 Å². The van der Waals surface area contributed by atoms with Gasteiger partial charge in [-0.25, -0.2) is 9.07 Å². The second kappa shape index (κ2) is 4.53. The molecule has 2 aromatic carbocycles. The summed E-state index contributed by atoms with van der Waals surface area (Å²) in [6.45, 7) is 0. The smallest absolute Gasteiger partial charge is 0.127 e. The van der Waals surface area contributed by atoms with Gasteiger partial charge in [0.05, 0.1) is 17.6 Å². The van der Waals surface area contributed by atoms with Crippen LogP contribution in [0, 0.1) is 5.82 Å². The zero-order valence-electron chi connectivity index (χ0n) is 9.86. The van der Waals surface area contributed by atoms with E-state index in [2.05, 4.69) is 10.3 Å². The maximum absolute atomic E-state index is 13.3. The molecule has 19 heavy (non-hydrogen) atoms. The van der Waals surface area contributed by atoms with E-state index >= 15 is 0 Å². The molecule has 4 nitrogen and oxygen atoms in total. The Bertz CT molecular complexity index is 689. The number of phenolic OH excluding ortho intramolecular Hbond substituents is 1. The minimum Gasteiger partial charge on any atom is -0.508 e. The lowest BCUT2D eigenvalue weighted by molar-refractivity contribution is 0.469. The first kappa shape index (κ1) is 11.4. The fraction of sp³-hybridized carbons (Fsp3) is 0. The number of para-hydroxylation sites is 1. The van der Waals surface area contributed by atoms with E-state index in [1.54, 1.807) is 4.68 Å². The fourth-order valence-electron chi connectivity index (χ4n) is 1.91. The van der Waals surface area contributed by atoms with Gasteiger partial charge in [-0.05, 0) is 24.3 Å². The molecular weight excluding hydrogens is 245 g/mol. The van der Waals surface area contributed by atoms with Crippen molar-refractivity contribution in [2.45, 2.75) is 0 Å². The van der Waals surface area contributed by atoms with E-state index in [0.717, 1.165) is 11.8 Å². The summed E-state index contributed by atoms with van der Waals surface area (Å²) in [5.74, 6) is -0.633. The molecule has 1 heterocycles. The van der Waals surface area contributed by atoms with E-state index in [0.29, 0.717) is 11.3 Å². The zero-order valence-corrected chi connectivity index (χ0v) is 9.86. The third-order valence-corrected chi connectivity index (χ3v) is 2.73. The van der Waals surface area contributed by atoms with Gasteiger partial charge in [-0.1, -0.05) is 23.4 Å². The normalized spacial score (nSPS) is 10.6. The number of aromatic hydroxyl groups is 1. The first-order chi connectivity index (χ1) is 9.24. The quantitative estimate of drug-likeness (QED) is 0.766. The SMILES string of the molecule is Oc1cc(F)cc(-c2cnnn2-c2ccccc2)c1. The predicted molar refractivity (Wildman–Crippen MR) is 68.4 cm³/mol. The number of hydrogen-bond donors (Lipinski definition) is 1. The summed E-state index contributed by atoms with van der Waals surface area (Å²) in [6, 6.07) is 13.3. The van der Waals surface area contributed by atoms with Crippen LogP contribution >= 0.6 is 0 Å². The summed E-state index contributed by atoms with van der Waals surface area (Å²) in [6.07, 6.45) is 1.53. The summed E-state index contributed by atoms with van der Waals surface area (Å²) in [5, 5.41) is 17.3. The highest BCUT2D eigenvalue weighted by Crippen LogP contribution is 2.25. The molecule has 0 aliphatic heterocycles. The van der Waals surface area contributed by atoms with Gasteiger partial charge in [-0.2, -0.15) is 0 Å². The summed E-state index contributed by atoms with van der Waals surface area (Å²) in [4.78, 5) is 0. The first-order valence-corrected chi connectivity index (χ1v) is 5.70. The molecule has 0 bridgehead atoms. The Kier molecular flexibility index (Phi) is 2.72. The Balaban J connectivity index is 2.15. The van der Waals surface area contributed by atoms with Crippen LogP contribution in [0.5, 0.6) is 5.75 Å². The third kappa shape index (κ3) is 2.18. The molecule has 94 valence electrons. The van der Waals surface area contributed by atoms with Gasteiger partial charge in [-0.3, -0.25) is 0 Å². The summed E-state index contributed by atoms with van der Waals surface area (Å²) >= 11 is 0. The van der Waals surface area contributed by atoms with E-state index in [4.69, 9.17) is 0 Å². The molecule has 0 saturated carbocycles. The van der Waals surface area contributed by atoms with Crippen molar-refractivity contribution < 1.29 is 9.50 Å².